The number of nitrogens with one attached hydrogen (secondary N) is 1. The highest BCUT2D eigenvalue weighted by Gasteiger charge is 2.04. The highest BCUT2D eigenvalue weighted by Crippen LogP contribution is 2.21. The summed E-state index contributed by atoms with van der Waals surface area (Å²) < 4.78 is 5.93. The van der Waals surface area contributed by atoms with Gasteiger partial charge in [0.05, 0.1) is 0 Å². The van der Waals surface area contributed by atoms with E-state index in [0.717, 1.165) is 29.7 Å². The minimum absolute atomic E-state index is 0.233. The molecule has 0 bridgehead atoms. The molecule has 0 aliphatic carbocycles. The molecule has 0 radical (unpaired) electrons. The lowest BCUT2D eigenvalue weighted by molar-refractivity contribution is -0.137. The average Bonchev–Trinajstić information content (AvgIpc) is 3.00. The van der Waals surface area contributed by atoms with Crippen LogP contribution in [0.5, 0.6) is 5.75 Å². The number of hydrogen-bond donors (Lipinski definition) is 2. The van der Waals surface area contributed by atoms with Crippen molar-refractivity contribution in [3.63, 3.8) is 0 Å². The standard InChI is InChI=1S/C20H21NO3/c22-20(23)11-4-1-6-15-7-5-8-17(12-15)24-14-16-13-21-19-10-3-2-9-18(16)19/h2-3,5,7-10,12-13,21H,1,4,6,11,14H2,(H,22,23). The summed E-state index contributed by atoms with van der Waals surface area (Å²) in [7, 11) is 0. The molecule has 2 N–H and O–H groups in total. The molecule has 1 aromatic heterocycles. The Hall–Kier alpha value is -2.75. The van der Waals surface area contributed by atoms with Gasteiger partial charge in [0.25, 0.3) is 0 Å². The van der Waals surface area contributed by atoms with Crippen LogP contribution in [0.1, 0.15) is 30.4 Å². The number of aromatic amines is 1. The van der Waals surface area contributed by atoms with Crippen molar-refractivity contribution >= 4 is 16.9 Å². The first-order chi connectivity index (χ1) is 11.7. The van der Waals surface area contributed by atoms with Crippen molar-refractivity contribution in [1.82, 2.24) is 4.98 Å². The van der Waals surface area contributed by atoms with Crippen molar-refractivity contribution < 1.29 is 14.6 Å². The largest absolute Gasteiger partial charge is 0.489 e. The van der Waals surface area contributed by atoms with Crippen molar-refractivity contribution in [2.75, 3.05) is 0 Å². The topological polar surface area (TPSA) is 62.3 Å². The summed E-state index contributed by atoms with van der Waals surface area (Å²) in [6.45, 7) is 0.520. The summed E-state index contributed by atoms with van der Waals surface area (Å²) in [5.41, 5.74) is 3.43. The summed E-state index contributed by atoms with van der Waals surface area (Å²) in [5, 5.41) is 9.85. The molecular weight excluding hydrogens is 302 g/mol. The van der Waals surface area contributed by atoms with E-state index in [-0.39, 0.29) is 6.42 Å². The number of rotatable bonds is 8. The fourth-order valence-corrected chi connectivity index (χ4v) is 2.81. The molecule has 0 unspecified atom stereocenters. The van der Waals surface area contributed by atoms with Crippen LogP contribution in [-0.2, 0) is 17.8 Å². The maximum atomic E-state index is 10.5. The Morgan fingerprint density at radius 3 is 2.83 bits per heavy atom. The van der Waals surface area contributed by atoms with Crippen LogP contribution in [-0.4, -0.2) is 16.1 Å². The van der Waals surface area contributed by atoms with Crippen LogP contribution in [0.4, 0.5) is 0 Å². The third kappa shape index (κ3) is 4.16. The molecule has 0 saturated carbocycles. The molecule has 0 fully saturated rings. The summed E-state index contributed by atoms with van der Waals surface area (Å²) in [6.07, 6.45) is 4.67. The van der Waals surface area contributed by atoms with Crippen molar-refractivity contribution in [3.05, 3.63) is 65.9 Å². The zero-order valence-electron chi connectivity index (χ0n) is 13.5. The summed E-state index contributed by atoms with van der Waals surface area (Å²) >= 11 is 0. The molecule has 0 aliphatic heterocycles. The molecule has 2 aromatic carbocycles. The molecule has 124 valence electrons. The van der Waals surface area contributed by atoms with Gasteiger partial charge in [-0.05, 0) is 43.0 Å². The smallest absolute Gasteiger partial charge is 0.303 e. The summed E-state index contributed by atoms with van der Waals surface area (Å²) in [5.74, 6) is 0.113. The number of unbranched alkanes of at least 4 members (excludes halogenated alkanes) is 1. The van der Waals surface area contributed by atoms with E-state index in [1.54, 1.807) is 0 Å². The van der Waals surface area contributed by atoms with E-state index in [9.17, 15) is 4.79 Å². The highest BCUT2D eigenvalue weighted by molar-refractivity contribution is 5.82. The van der Waals surface area contributed by atoms with Crippen LogP contribution < -0.4 is 4.74 Å². The first-order valence-electron chi connectivity index (χ1n) is 8.21. The molecule has 3 rings (SSSR count). The lowest BCUT2D eigenvalue weighted by Crippen LogP contribution is -1.96. The van der Waals surface area contributed by atoms with E-state index >= 15 is 0 Å². The molecule has 4 heteroatoms. The van der Waals surface area contributed by atoms with Gasteiger partial charge in [-0.1, -0.05) is 30.3 Å². The number of carboxylic acid groups (broad SMARTS) is 1. The Morgan fingerprint density at radius 2 is 1.96 bits per heavy atom. The quantitative estimate of drug-likeness (QED) is 0.598. The second kappa shape index (κ2) is 7.68. The Morgan fingerprint density at radius 1 is 1.08 bits per heavy atom. The predicted octanol–water partition coefficient (Wildman–Crippen LogP) is 4.54. The van der Waals surface area contributed by atoms with Gasteiger partial charge in [0, 0.05) is 29.1 Å². The van der Waals surface area contributed by atoms with E-state index in [4.69, 9.17) is 9.84 Å². The number of aliphatic carboxylic acids is 1. The third-order valence-electron chi connectivity index (χ3n) is 4.07. The molecule has 0 saturated heterocycles. The number of H-pyrrole nitrogens is 1. The van der Waals surface area contributed by atoms with Crippen LogP contribution in [0, 0.1) is 0 Å². The van der Waals surface area contributed by atoms with Gasteiger partial charge in [-0.25, -0.2) is 0 Å². The Kier molecular flexibility index (Phi) is 5.16. The van der Waals surface area contributed by atoms with Gasteiger partial charge in [0.15, 0.2) is 0 Å². The minimum atomic E-state index is -0.731. The first-order valence-corrected chi connectivity index (χ1v) is 8.21. The summed E-state index contributed by atoms with van der Waals surface area (Å²) in [4.78, 5) is 13.8. The Bertz CT molecular complexity index is 822. The Balaban J connectivity index is 1.57. The zero-order chi connectivity index (χ0) is 16.8. The van der Waals surface area contributed by atoms with Crippen LogP contribution in [0.3, 0.4) is 0 Å². The van der Waals surface area contributed by atoms with Gasteiger partial charge >= 0.3 is 5.97 Å². The number of fused-ring (bicyclic) bond motifs is 1. The number of carboxylic acids is 1. The van der Waals surface area contributed by atoms with Crippen LogP contribution in [0.15, 0.2) is 54.7 Å². The molecular formula is C20H21NO3. The van der Waals surface area contributed by atoms with Gasteiger partial charge < -0.3 is 14.8 Å². The lowest BCUT2D eigenvalue weighted by Gasteiger charge is -2.08. The van der Waals surface area contributed by atoms with Gasteiger partial charge in [0.1, 0.15) is 12.4 Å². The fraction of sp³-hybridized carbons (Fsp3) is 0.250. The highest BCUT2D eigenvalue weighted by atomic mass is 16.5. The second-order valence-electron chi connectivity index (χ2n) is 5.90. The average molecular weight is 323 g/mol. The zero-order valence-corrected chi connectivity index (χ0v) is 13.5. The molecule has 24 heavy (non-hydrogen) atoms. The lowest BCUT2D eigenvalue weighted by atomic mass is 10.1. The maximum absolute atomic E-state index is 10.5. The molecule has 1 heterocycles. The number of aromatic nitrogens is 1. The van der Waals surface area contributed by atoms with Crippen LogP contribution in [0.2, 0.25) is 0 Å². The number of para-hydroxylation sites is 1. The SMILES string of the molecule is O=C(O)CCCCc1cccc(OCc2c[nH]c3ccccc23)c1. The van der Waals surface area contributed by atoms with E-state index in [1.165, 1.54) is 10.9 Å². The van der Waals surface area contributed by atoms with E-state index in [2.05, 4.69) is 23.2 Å². The number of carbonyl (C=O) groups is 1. The first kappa shape index (κ1) is 16.1. The van der Waals surface area contributed by atoms with Crippen LogP contribution in [0.25, 0.3) is 10.9 Å². The molecule has 0 spiro atoms. The molecule has 4 nitrogen and oxygen atoms in total. The second-order valence-corrected chi connectivity index (χ2v) is 5.90. The van der Waals surface area contributed by atoms with E-state index < -0.39 is 5.97 Å². The van der Waals surface area contributed by atoms with Crippen molar-refractivity contribution in [2.24, 2.45) is 0 Å². The minimum Gasteiger partial charge on any atom is -0.489 e. The van der Waals surface area contributed by atoms with E-state index in [1.807, 2.05) is 36.5 Å². The van der Waals surface area contributed by atoms with Crippen molar-refractivity contribution in [1.29, 1.82) is 0 Å². The van der Waals surface area contributed by atoms with Crippen molar-refractivity contribution in [2.45, 2.75) is 32.3 Å². The number of benzene rings is 2. The third-order valence-corrected chi connectivity index (χ3v) is 4.07. The normalized spacial score (nSPS) is 10.8. The monoisotopic (exact) mass is 323 g/mol. The fourth-order valence-electron chi connectivity index (χ4n) is 2.81. The van der Waals surface area contributed by atoms with E-state index in [0.29, 0.717) is 13.0 Å². The van der Waals surface area contributed by atoms with Crippen LogP contribution >= 0.6 is 0 Å². The molecule has 0 amide bonds. The Labute approximate surface area is 141 Å². The molecule has 0 aliphatic rings. The van der Waals surface area contributed by atoms with Crippen molar-refractivity contribution in [3.8, 4) is 5.75 Å². The molecule has 0 atom stereocenters. The maximum Gasteiger partial charge on any atom is 0.303 e. The number of ether oxygens (including phenoxy) is 1. The van der Waals surface area contributed by atoms with Gasteiger partial charge in [-0.15, -0.1) is 0 Å². The molecule has 3 aromatic rings. The van der Waals surface area contributed by atoms with Gasteiger partial charge in [0.2, 0.25) is 0 Å². The van der Waals surface area contributed by atoms with Gasteiger partial charge in [-0.2, -0.15) is 0 Å². The number of hydrogen-bond acceptors (Lipinski definition) is 2. The summed E-state index contributed by atoms with van der Waals surface area (Å²) in [6, 6.07) is 16.2. The predicted molar refractivity (Wildman–Crippen MR) is 94.3 cm³/mol. The van der Waals surface area contributed by atoms with Gasteiger partial charge in [-0.3, -0.25) is 4.79 Å². The number of aryl methyl sites for hydroxylation is 1.